The second-order valence-electron chi connectivity index (χ2n) is 5.14. The lowest BCUT2D eigenvalue weighted by molar-refractivity contribution is 0.626. The number of hydrogen-bond acceptors (Lipinski definition) is 4. The molecule has 4 nitrogen and oxygen atoms in total. The summed E-state index contributed by atoms with van der Waals surface area (Å²) in [5, 5.41) is 7.60. The molecule has 7 heteroatoms. The summed E-state index contributed by atoms with van der Waals surface area (Å²) in [4.78, 5) is 11.2. The number of guanidine groups is 1. The lowest BCUT2D eigenvalue weighted by atomic mass is 10.4. The SMILES string of the molecule is CCNC(=NCc1ncc(C)s1)NCCCSc1ccc(F)cc1. The third-order valence-corrected chi connectivity index (χ3v) is 5.08. The predicted molar refractivity (Wildman–Crippen MR) is 101 cm³/mol. The smallest absolute Gasteiger partial charge is 0.191 e. The highest BCUT2D eigenvalue weighted by Gasteiger charge is 2.01. The molecular weight excluding hydrogens is 343 g/mol. The van der Waals surface area contributed by atoms with Crippen LogP contribution in [-0.2, 0) is 6.54 Å². The first-order valence-corrected chi connectivity index (χ1v) is 9.79. The normalized spacial score (nSPS) is 11.5. The number of rotatable bonds is 8. The fraction of sp³-hybridized carbons (Fsp3) is 0.412. The predicted octanol–water partition coefficient (Wildman–Crippen LogP) is 3.83. The molecule has 0 amide bonds. The quantitative estimate of drug-likeness (QED) is 0.323. The molecule has 1 aromatic carbocycles. The van der Waals surface area contributed by atoms with Crippen LogP contribution in [0.5, 0.6) is 0 Å². The van der Waals surface area contributed by atoms with Crippen molar-refractivity contribution < 1.29 is 4.39 Å². The summed E-state index contributed by atoms with van der Waals surface area (Å²) in [6.45, 7) is 6.37. The zero-order valence-electron chi connectivity index (χ0n) is 14.0. The molecule has 24 heavy (non-hydrogen) atoms. The Morgan fingerprint density at radius 1 is 1.29 bits per heavy atom. The number of hydrogen-bond donors (Lipinski definition) is 2. The molecule has 0 aliphatic heterocycles. The minimum absolute atomic E-state index is 0.192. The minimum atomic E-state index is -0.192. The molecule has 2 rings (SSSR count). The Kier molecular flexibility index (Phi) is 8.04. The number of aryl methyl sites for hydroxylation is 1. The van der Waals surface area contributed by atoms with Gasteiger partial charge in [-0.2, -0.15) is 0 Å². The van der Waals surface area contributed by atoms with E-state index in [1.54, 1.807) is 23.1 Å². The van der Waals surface area contributed by atoms with Gasteiger partial charge in [0.2, 0.25) is 0 Å². The van der Waals surface area contributed by atoms with Gasteiger partial charge in [-0.1, -0.05) is 0 Å². The van der Waals surface area contributed by atoms with Gasteiger partial charge in [0.15, 0.2) is 5.96 Å². The zero-order chi connectivity index (χ0) is 17.2. The molecule has 1 heterocycles. The molecule has 0 fully saturated rings. The highest BCUT2D eigenvalue weighted by Crippen LogP contribution is 2.18. The van der Waals surface area contributed by atoms with E-state index >= 15 is 0 Å². The third-order valence-electron chi connectivity index (χ3n) is 3.08. The van der Waals surface area contributed by atoms with E-state index < -0.39 is 0 Å². The largest absolute Gasteiger partial charge is 0.357 e. The Hall–Kier alpha value is -1.60. The Bertz CT molecular complexity index is 640. The molecule has 0 unspecified atom stereocenters. The molecule has 0 aliphatic rings. The average molecular weight is 367 g/mol. The number of nitrogens with zero attached hydrogens (tertiary/aromatic N) is 2. The van der Waals surface area contributed by atoms with Crippen molar-refractivity contribution in [3.05, 3.63) is 46.2 Å². The molecule has 130 valence electrons. The minimum Gasteiger partial charge on any atom is -0.357 e. The van der Waals surface area contributed by atoms with Crippen LogP contribution in [0, 0.1) is 12.7 Å². The van der Waals surface area contributed by atoms with Crippen molar-refractivity contribution >= 4 is 29.1 Å². The average Bonchev–Trinajstić information content (AvgIpc) is 2.99. The summed E-state index contributed by atoms with van der Waals surface area (Å²) in [5.74, 6) is 1.60. The van der Waals surface area contributed by atoms with Crippen molar-refractivity contribution in [3.63, 3.8) is 0 Å². The van der Waals surface area contributed by atoms with E-state index in [0.29, 0.717) is 6.54 Å². The maximum Gasteiger partial charge on any atom is 0.191 e. The summed E-state index contributed by atoms with van der Waals surface area (Å²) in [7, 11) is 0. The maximum atomic E-state index is 12.8. The van der Waals surface area contributed by atoms with E-state index in [4.69, 9.17) is 0 Å². The number of halogens is 1. The lowest BCUT2D eigenvalue weighted by Gasteiger charge is -2.10. The molecule has 0 atom stereocenters. The molecule has 0 aliphatic carbocycles. The van der Waals surface area contributed by atoms with Crippen LogP contribution in [0.1, 0.15) is 23.2 Å². The zero-order valence-corrected chi connectivity index (χ0v) is 15.6. The number of nitrogens with one attached hydrogen (secondary N) is 2. The number of aliphatic imine (C=N–C) groups is 1. The van der Waals surface area contributed by atoms with E-state index in [-0.39, 0.29) is 5.82 Å². The van der Waals surface area contributed by atoms with Crippen molar-refractivity contribution in [2.45, 2.75) is 31.7 Å². The first-order chi connectivity index (χ1) is 11.7. The van der Waals surface area contributed by atoms with Crippen LogP contribution in [0.25, 0.3) is 0 Å². The van der Waals surface area contributed by atoms with Crippen LogP contribution >= 0.6 is 23.1 Å². The molecule has 0 bridgehead atoms. The van der Waals surface area contributed by atoms with E-state index in [9.17, 15) is 4.39 Å². The van der Waals surface area contributed by atoms with Crippen molar-refractivity contribution in [1.82, 2.24) is 15.6 Å². The van der Waals surface area contributed by atoms with E-state index in [0.717, 1.165) is 41.1 Å². The summed E-state index contributed by atoms with van der Waals surface area (Å²) in [6.07, 6.45) is 2.88. The number of thiazole rings is 1. The number of aromatic nitrogens is 1. The lowest BCUT2D eigenvalue weighted by Crippen LogP contribution is -2.37. The second kappa shape index (κ2) is 10.3. The Morgan fingerprint density at radius 2 is 2.08 bits per heavy atom. The first kappa shape index (κ1) is 18.7. The maximum absolute atomic E-state index is 12.8. The number of benzene rings is 1. The third kappa shape index (κ3) is 6.88. The van der Waals surface area contributed by atoms with Gasteiger partial charge in [-0.25, -0.2) is 14.4 Å². The van der Waals surface area contributed by atoms with E-state index in [2.05, 4.69) is 27.5 Å². The molecule has 0 saturated heterocycles. The fourth-order valence-electron chi connectivity index (χ4n) is 1.96. The molecule has 2 N–H and O–H groups in total. The fourth-order valence-corrected chi connectivity index (χ4v) is 3.53. The van der Waals surface area contributed by atoms with Crippen LogP contribution < -0.4 is 10.6 Å². The Balaban J connectivity index is 1.69. The van der Waals surface area contributed by atoms with Crippen LogP contribution in [0.2, 0.25) is 0 Å². The van der Waals surface area contributed by atoms with Gasteiger partial charge in [0.25, 0.3) is 0 Å². The highest BCUT2D eigenvalue weighted by molar-refractivity contribution is 7.99. The van der Waals surface area contributed by atoms with Gasteiger partial charge >= 0.3 is 0 Å². The van der Waals surface area contributed by atoms with Gasteiger partial charge in [0.05, 0.1) is 6.54 Å². The van der Waals surface area contributed by atoms with E-state index in [1.165, 1.54) is 17.0 Å². The molecule has 2 aromatic rings. The molecular formula is C17H23FN4S2. The van der Waals surface area contributed by atoms with Crippen LogP contribution in [-0.4, -0.2) is 29.8 Å². The van der Waals surface area contributed by atoms with Crippen molar-refractivity contribution in [3.8, 4) is 0 Å². The summed E-state index contributed by atoms with van der Waals surface area (Å²) in [6, 6.07) is 6.62. The highest BCUT2D eigenvalue weighted by atomic mass is 32.2. The van der Waals surface area contributed by atoms with E-state index in [1.807, 2.05) is 25.3 Å². The van der Waals surface area contributed by atoms with Gasteiger partial charge < -0.3 is 10.6 Å². The Morgan fingerprint density at radius 3 is 2.75 bits per heavy atom. The standard InChI is InChI=1S/C17H23FN4S2/c1-3-19-17(22-12-16-21-11-13(2)24-16)20-9-4-10-23-15-7-5-14(18)6-8-15/h5-8,11H,3-4,9-10,12H2,1-2H3,(H2,19,20,22). The molecule has 0 spiro atoms. The van der Waals surface area contributed by atoms with Crippen LogP contribution in [0.3, 0.4) is 0 Å². The van der Waals surface area contributed by atoms with Gasteiger partial charge in [0, 0.05) is 29.1 Å². The summed E-state index contributed by atoms with van der Waals surface area (Å²) in [5.41, 5.74) is 0. The van der Waals surface area contributed by atoms with Gasteiger partial charge in [-0.05, 0) is 50.3 Å². The summed E-state index contributed by atoms with van der Waals surface area (Å²) < 4.78 is 12.8. The van der Waals surface area contributed by atoms with Gasteiger partial charge in [0.1, 0.15) is 10.8 Å². The van der Waals surface area contributed by atoms with Crippen molar-refractivity contribution in [2.24, 2.45) is 4.99 Å². The van der Waals surface area contributed by atoms with Crippen molar-refractivity contribution in [2.75, 3.05) is 18.8 Å². The van der Waals surface area contributed by atoms with Crippen LogP contribution in [0.15, 0.2) is 40.4 Å². The van der Waals surface area contributed by atoms with Gasteiger partial charge in [-0.15, -0.1) is 23.1 Å². The topological polar surface area (TPSA) is 49.3 Å². The molecule has 1 aromatic heterocycles. The molecule has 0 radical (unpaired) electrons. The van der Waals surface area contributed by atoms with Crippen molar-refractivity contribution in [1.29, 1.82) is 0 Å². The number of thioether (sulfide) groups is 1. The van der Waals surface area contributed by atoms with Gasteiger partial charge in [-0.3, -0.25) is 0 Å². The molecule has 0 saturated carbocycles. The van der Waals surface area contributed by atoms with Crippen LogP contribution in [0.4, 0.5) is 4.39 Å². The second-order valence-corrected chi connectivity index (χ2v) is 7.63. The monoisotopic (exact) mass is 366 g/mol. The first-order valence-electron chi connectivity index (χ1n) is 7.99. The summed E-state index contributed by atoms with van der Waals surface area (Å²) >= 11 is 3.41. The Labute approximate surface area is 151 Å².